The van der Waals surface area contributed by atoms with E-state index >= 15 is 0 Å². The van der Waals surface area contributed by atoms with Crippen molar-refractivity contribution in [1.29, 1.82) is 0 Å². The lowest BCUT2D eigenvalue weighted by atomic mass is 9.95. The first-order chi connectivity index (χ1) is 34.7. The molecule has 0 aliphatic rings. The van der Waals surface area contributed by atoms with E-state index in [9.17, 15) is 0 Å². The number of nitrogens with zero attached hydrogens (tertiary/aromatic N) is 2. The molecule has 11 aromatic carbocycles. The van der Waals surface area contributed by atoms with Gasteiger partial charge in [-0.25, -0.2) is 0 Å². The number of hydrogen-bond acceptors (Lipinski definition) is 4. The second-order valence-corrected chi connectivity index (χ2v) is 17.6. The molecule has 0 unspecified atom stereocenters. The lowest BCUT2D eigenvalue weighted by molar-refractivity contribution is 0.668. The van der Waals surface area contributed by atoms with Crippen LogP contribution in [0.1, 0.15) is 0 Å². The summed E-state index contributed by atoms with van der Waals surface area (Å²) in [7, 11) is 0. The highest BCUT2D eigenvalue weighted by Gasteiger charge is 2.24. The molecule has 0 amide bonds. The zero-order chi connectivity index (χ0) is 46.4. The average molecular weight is 897 g/mol. The largest absolute Gasteiger partial charge is 0.456 e. The first-order valence-corrected chi connectivity index (χ1v) is 23.7. The van der Waals surface area contributed by atoms with Crippen LogP contribution in [0.15, 0.2) is 276 Å². The summed E-state index contributed by atoms with van der Waals surface area (Å²) in [5, 5.41) is 4.32. The van der Waals surface area contributed by atoms with Gasteiger partial charge in [0.2, 0.25) is 0 Å². The van der Waals surface area contributed by atoms with Crippen LogP contribution in [-0.4, -0.2) is 0 Å². The fraction of sp³-hybridized carbons (Fsp3) is 0. The van der Waals surface area contributed by atoms with E-state index in [0.29, 0.717) is 0 Å². The minimum atomic E-state index is 0.848. The molecule has 330 valence electrons. The molecule has 70 heavy (non-hydrogen) atoms. The summed E-state index contributed by atoms with van der Waals surface area (Å²) in [4.78, 5) is 4.75. The molecule has 4 nitrogen and oxygen atoms in total. The van der Waals surface area contributed by atoms with Crippen LogP contribution >= 0.6 is 0 Å². The van der Waals surface area contributed by atoms with Crippen LogP contribution in [0.4, 0.5) is 34.1 Å². The molecule has 0 fully saturated rings. The van der Waals surface area contributed by atoms with E-state index in [4.69, 9.17) is 8.83 Å². The van der Waals surface area contributed by atoms with Gasteiger partial charge in [-0.15, -0.1) is 0 Å². The van der Waals surface area contributed by atoms with Crippen molar-refractivity contribution >= 4 is 78.0 Å². The summed E-state index contributed by atoms with van der Waals surface area (Å²) in [5.41, 5.74) is 18.9. The highest BCUT2D eigenvalue weighted by atomic mass is 16.3. The molecule has 4 heteroatoms. The highest BCUT2D eigenvalue weighted by Crippen LogP contribution is 2.48. The van der Waals surface area contributed by atoms with Crippen LogP contribution in [0, 0.1) is 0 Å². The molecule has 13 rings (SSSR count). The Bertz CT molecular complexity index is 3970. The monoisotopic (exact) mass is 896 g/mol. The maximum absolute atomic E-state index is 6.49. The molecule has 2 aromatic heterocycles. The molecular formula is C66H44N2O2. The molecule has 0 bridgehead atoms. The Morgan fingerprint density at radius 1 is 0.229 bits per heavy atom. The number of anilines is 6. The fourth-order valence-electron chi connectivity index (χ4n) is 10.1. The van der Waals surface area contributed by atoms with Gasteiger partial charge in [0.25, 0.3) is 0 Å². The average Bonchev–Trinajstić information content (AvgIpc) is 4.02. The van der Waals surface area contributed by atoms with Crippen LogP contribution < -0.4 is 9.80 Å². The van der Waals surface area contributed by atoms with Gasteiger partial charge in [0.05, 0.1) is 27.8 Å². The summed E-state index contributed by atoms with van der Waals surface area (Å²) < 4.78 is 12.9. The van der Waals surface area contributed by atoms with E-state index in [1.54, 1.807) is 0 Å². The van der Waals surface area contributed by atoms with Gasteiger partial charge >= 0.3 is 0 Å². The Morgan fingerprint density at radius 2 is 0.586 bits per heavy atom. The van der Waals surface area contributed by atoms with Crippen molar-refractivity contribution in [1.82, 2.24) is 0 Å². The van der Waals surface area contributed by atoms with Crippen LogP contribution in [0.3, 0.4) is 0 Å². The smallest absolute Gasteiger partial charge is 0.137 e. The minimum Gasteiger partial charge on any atom is -0.456 e. The van der Waals surface area contributed by atoms with Crippen LogP contribution in [0.25, 0.3) is 88.4 Å². The topological polar surface area (TPSA) is 32.8 Å². The number of hydrogen-bond donors (Lipinski definition) is 0. The van der Waals surface area contributed by atoms with Crippen molar-refractivity contribution in [2.24, 2.45) is 0 Å². The molecule has 13 aromatic rings. The number of rotatable bonds is 10. The maximum Gasteiger partial charge on any atom is 0.137 e. The second-order valence-electron chi connectivity index (χ2n) is 17.6. The molecule has 0 saturated heterocycles. The molecule has 0 N–H and O–H groups in total. The third-order valence-corrected chi connectivity index (χ3v) is 13.5. The Balaban J connectivity index is 0.952. The van der Waals surface area contributed by atoms with Crippen molar-refractivity contribution in [3.8, 4) is 44.5 Å². The van der Waals surface area contributed by atoms with Gasteiger partial charge in [0.15, 0.2) is 0 Å². The molecule has 0 saturated carbocycles. The molecule has 2 heterocycles. The Hall–Kier alpha value is -9.38. The zero-order valence-corrected chi connectivity index (χ0v) is 38.1. The van der Waals surface area contributed by atoms with Gasteiger partial charge in [-0.1, -0.05) is 182 Å². The van der Waals surface area contributed by atoms with E-state index in [2.05, 4.69) is 252 Å². The Morgan fingerprint density at radius 3 is 1.07 bits per heavy atom. The summed E-state index contributed by atoms with van der Waals surface area (Å²) in [6.07, 6.45) is 0. The van der Waals surface area contributed by atoms with Gasteiger partial charge in [0, 0.05) is 33.4 Å². The van der Waals surface area contributed by atoms with E-state index in [1.165, 1.54) is 16.7 Å². The summed E-state index contributed by atoms with van der Waals surface area (Å²) in [6, 6.07) is 94.8. The maximum atomic E-state index is 6.49. The second kappa shape index (κ2) is 17.4. The minimum absolute atomic E-state index is 0.848. The predicted molar refractivity (Wildman–Crippen MR) is 292 cm³/mol. The Labute approximate surface area is 406 Å². The number of furan rings is 2. The predicted octanol–water partition coefficient (Wildman–Crippen LogP) is 19.1. The molecule has 0 aliphatic carbocycles. The summed E-state index contributed by atoms with van der Waals surface area (Å²) >= 11 is 0. The lowest BCUT2D eigenvalue weighted by Gasteiger charge is -2.29. The summed E-state index contributed by atoms with van der Waals surface area (Å²) in [6.45, 7) is 0. The zero-order valence-electron chi connectivity index (χ0n) is 38.1. The molecule has 0 radical (unpaired) electrons. The quantitative estimate of drug-likeness (QED) is 0.137. The number of benzene rings is 11. The molecule has 0 atom stereocenters. The van der Waals surface area contributed by atoms with Crippen molar-refractivity contribution in [2.45, 2.75) is 0 Å². The van der Waals surface area contributed by atoms with Crippen molar-refractivity contribution < 1.29 is 8.83 Å². The summed E-state index contributed by atoms with van der Waals surface area (Å²) in [5.74, 6) is 0. The van der Waals surface area contributed by atoms with Crippen LogP contribution in [0.2, 0.25) is 0 Å². The van der Waals surface area contributed by atoms with E-state index < -0.39 is 0 Å². The number of para-hydroxylation sites is 2. The third kappa shape index (κ3) is 7.27. The van der Waals surface area contributed by atoms with Crippen molar-refractivity contribution in [2.75, 3.05) is 9.80 Å². The standard InChI is InChI=1S/C66H44N2O2/c1-4-16-45(17-5-1)47-30-37-52(38-31-47)67(59-24-14-28-63-65(59)55-22-10-12-26-61(55)69-63)53-39-34-49(35-40-53)51-36-43-58(57(44-51)50-20-8-3-9-21-50)68(54-41-32-48(33-42-54)46-18-6-2-7-19-46)60-25-15-29-64-66(60)56-23-11-13-27-62(56)70-64/h1-44H. The molecule has 0 spiro atoms. The third-order valence-electron chi connectivity index (χ3n) is 13.5. The SMILES string of the molecule is c1ccc(-c2ccc(N(c3ccc(-c4ccc(N(c5ccc(-c6ccccc6)cc5)c5cccc6oc7ccccc7c56)c(-c5ccccc5)c4)cc3)c3cccc4oc5ccccc5c34)cc2)cc1. The highest BCUT2D eigenvalue weighted by molar-refractivity contribution is 6.15. The van der Waals surface area contributed by atoms with Crippen LogP contribution in [0.5, 0.6) is 0 Å². The van der Waals surface area contributed by atoms with E-state index in [1.807, 2.05) is 24.3 Å². The fourth-order valence-corrected chi connectivity index (χ4v) is 10.1. The van der Waals surface area contributed by atoms with Crippen molar-refractivity contribution in [3.63, 3.8) is 0 Å². The number of fused-ring (bicyclic) bond motifs is 6. The lowest BCUT2D eigenvalue weighted by Crippen LogP contribution is -2.12. The molecule has 0 aliphatic heterocycles. The molecular weight excluding hydrogens is 853 g/mol. The van der Waals surface area contributed by atoms with Gasteiger partial charge in [-0.2, -0.15) is 0 Å². The van der Waals surface area contributed by atoms with Crippen LogP contribution in [-0.2, 0) is 0 Å². The van der Waals surface area contributed by atoms with Gasteiger partial charge in [-0.05, 0) is 124 Å². The van der Waals surface area contributed by atoms with Gasteiger partial charge < -0.3 is 18.6 Å². The normalized spacial score (nSPS) is 11.4. The van der Waals surface area contributed by atoms with Gasteiger partial charge in [0.1, 0.15) is 22.3 Å². The van der Waals surface area contributed by atoms with E-state index in [-0.39, 0.29) is 0 Å². The van der Waals surface area contributed by atoms with E-state index in [0.717, 1.165) is 106 Å². The first kappa shape index (κ1) is 40.9. The van der Waals surface area contributed by atoms with Crippen molar-refractivity contribution in [3.05, 3.63) is 267 Å². The van der Waals surface area contributed by atoms with Gasteiger partial charge in [-0.3, -0.25) is 0 Å². The first-order valence-electron chi connectivity index (χ1n) is 23.7. The Kier molecular flexibility index (Phi) is 10.1.